The Labute approximate surface area is 106 Å². The van der Waals surface area contributed by atoms with Crippen molar-refractivity contribution in [3.05, 3.63) is 11.8 Å². The maximum atomic E-state index is 12.6. The molecule has 1 aromatic rings. The summed E-state index contributed by atoms with van der Waals surface area (Å²) in [5.74, 6) is 4.54. The number of hydrogen-bond donors (Lipinski definition) is 4. The van der Waals surface area contributed by atoms with Crippen LogP contribution in [0.3, 0.4) is 0 Å². The minimum atomic E-state index is -4.65. The van der Waals surface area contributed by atoms with Gasteiger partial charge in [0.1, 0.15) is 5.82 Å². The number of hydrogen-bond acceptors (Lipinski definition) is 7. The third kappa shape index (κ3) is 4.19. The zero-order valence-electron chi connectivity index (χ0n) is 9.85. The highest BCUT2D eigenvalue weighted by molar-refractivity contribution is 5.45. The van der Waals surface area contributed by atoms with E-state index in [4.69, 9.17) is 16.1 Å². The van der Waals surface area contributed by atoms with Crippen molar-refractivity contribution in [1.29, 1.82) is 0 Å². The highest BCUT2D eigenvalue weighted by Gasteiger charge is 2.34. The van der Waals surface area contributed by atoms with Crippen LogP contribution in [0.15, 0.2) is 6.07 Å². The third-order valence-corrected chi connectivity index (χ3v) is 2.20. The van der Waals surface area contributed by atoms with Gasteiger partial charge in [0.15, 0.2) is 5.69 Å². The van der Waals surface area contributed by atoms with Crippen molar-refractivity contribution in [3.63, 3.8) is 0 Å². The number of nitrogens with one attached hydrogen (secondary N) is 1. The van der Waals surface area contributed by atoms with Gasteiger partial charge in [-0.15, -0.1) is 0 Å². The van der Waals surface area contributed by atoms with Crippen LogP contribution in [0.25, 0.3) is 0 Å². The Balaban J connectivity index is 3.17. The molecule has 0 bridgehead atoms. The minimum Gasteiger partial charge on any atom is -0.395 e. The topological polar surface area (TPSA) is 108 Å². The number of nitrogens with two attached hydrogens (primary N) is 1. The zero-order chi connectivity index (χ0) is 14.5. The first-order valence-electron chi connectivity index (χ1n) is 5.32. The summed E-state index contributed by atoms with van der Waals surface area (Å²) in [5.41, 5.74) is 0.784. The van der Waals surface area contributed by atoms with E-state index >= 15 is 0 Å². The van der Waals surface area contributed by atoms with Gasteiger partial charge < -0.3 is 15.1 Å². The number of nitrogens with zero attached hydrogens (tertiary/aromatic N) is 3. The Hall–Kier alpha value is -1.65. The number of aliphatic hydroxyl groups excluding tert-OH is 2. The third-order valence-electron chi connectivity index (χ3n) is 2.20. The summed E-state index contributed by atoms with van der Waals surface area (Å²) in [7, 11) is 0. The van der Waals surface area contributed by atoms with Crippen molar-refractivity contribution in [3.8, 4) is 0 Å². The molecular formula is C9H14F3N5O2. The first-order chi connectivity index (χ1) is 8.92. The number of hydrazine groups is 1. The highest BCUT2D eigenvalue weighted by atomic mass is 19.4. The molecule has 1 aromatic heterocycles. The molecule has 0 saturated carbocycles. The quantitative estimate of drug-likeness (QED) is 0.414. The molecule has 19 heavy (non-hydrogen) atoms. The lowest BCUT2D eigenvalue weighted by Crippen LogP contribution is -2.31. The lowest BCUT2D eigenvalue weighted by atomic mass is 10.3. The maximum absolute atomic E-state index is 12.6. The van der Waals surface area contributed by atoms with Gasteiger partial charge >= 0.3 is 6.18 Å². The Morgan fingerprint density at radius 1 is 1.21 bits per heavy atom. The Bertz CT molecular complexity index is 409. The molecular weight excluding hydrogens is 267 g/mol. The van der Waals surface area contributed by atoms with Crippen LogP contribution in [0.5, 0.6) is 0 Å². The number of nitrogen functional groups attached to an aromatic ring is 1. The largest absolute Gasteiger partial charge is 0.433 e. The van der Waals surface area contributed by atoms with Crippen LogP contribution in [0, 0.1) is 0 Å². The van der Waals surface area contributed by atoms with Gasteiger partial charge in [0, 0.05) is 19.2 Å². The second-order valence-corrected chi connectivity index (χ2v) is 3.51. The van der Waals surface area contributed by atoms with Gasteiger partial charge in [0.05, 0.1) is 13.2 Å². The summed E-state index contributed by atoms with van der Waals surface area (Å²) in [6.45, 7) is -0.536. The van der Waals surface area contributed by atoms with Gasteiger partial charge in [-0.05, 0) is 0 Å². The van der Waals surface area contributed by atoms with Gasteiger partial charge in [0.25, 0.3) is 0 Å². The molecule has 1 heterocycles. The van der Waals surface area contributed by atoms with Gasteiger partial charge in [-0.25, -0.2) is 10.8 Å². The molecule has 0 saturated heterocycles. The second-order valence-electron chi connectivity index (χ2n) is 3.51. The first-order valence-corrected chi connectivity index (χ1v) is 5.32. The van der Waals surface area contributed by atoms with E-state index in [2.05, 4.69) is 9.97 Å². The second kappa shape index (κ2) is 6.50. The SMILES string of the molecule is NNc1nc(N(CCO)CCO)cc(C(F)(F)F)n1. The lowest BCUT2D eigenvalue weighted by Gasteiger charge is -2.22. The Kier molecular flexibility index (Phi) is 5.27. The molecule has 0 spiro atoms. The van der Waals surface area contributed by atoms with Crippen molar-refractivity contribution < 1.29 is 23.4 Å². The van der Waals surface area contributed by atoms with Crippen molar-refractivity contribution >= 4 is 11.8 Å². The molecule has 108 valence electrons. The number of anilines is 2. The smallest absolute Gasteiger partial charge is 0.395 e. The van der Waals surface area contributed by atoms with E-state index in [1.807, 2.05) is 5.43 Å². The van der Waals surface area contributed by atoms with Crippen LogP contribution in [0.4, 0.5) is 24.9 Å². The standard InChI is InChI=1S/C9H14F3N5O2/c10-9(11,12)6-5-7(15-8(14-6)16-13)17(1-3-18)2-4-19/h5,18-19H,1-4,13H2,(H,14,15,16). The fourth-order valence-electron chi connectivity index (χ4n) is 1.39. The van der Waals surface area contributed by atoms with Crippen molar-refractivity contribution in [2.45, 2.75) is 6.18 Å². The molecule has 10 heteroatoms. The van der Waals surface area contributed by atoms with Gasteiger partial charge in [-0.2, -0.15) is 18.2 Å². The van der Waals surface area contributed by atoms with E-state index in [1.54, 1.807) is 0 Å². The monoisotopic (exact) mass is 281 g/mol. The predicted molar refractivity (Wildman–Crippen MR) is 61.2 cm³/mol. The van der Waals surface area contributed by atoms with Gasteiger partial charge in [-0.3, -0.25) is 5.43 Å². The Morgan fingerprint density at radius 3 is 2.21 bits per heavy atom. The van der Waals surface area contributed by atoms with Crippen LogP contribution in [0.1, 0.15) is 5.69 Å². The molecule has 0 unspecified atom stereocenters. The normalized spacial score (nSPS) is 11.5. The maximum Gasteiger partial charge on any atom is 0.433 e. The lowest BCUT2D eigenvalue weighted by molar-refractivity contribution is -0.141. The van der Waals surface area contributed by atoms with E-state index in [0.29, 0.717) is 0 Å². The predicted octanol–water partition coefficient (Wildman–Crippen LogP) is -0.428. The summed E-state index contributed by atoms with van der Waals surface area (Å²) in [5, 5.41) is 17.7. The molecule has 1 rings (SSSR count). The molecule has 0 radical (unpaired) electrons. The van der Waals surface area contributed by atoms with Crippen LogP contribution in [0.2, 0.25) is 0 Å². The van der Waals surface area contributed by atoms with Crippen molar-refractivity contribution in [2.75, 3.05) is 36.6 Å². The molecule has 0 aliphatic rings. The average molecular weight is 281 g/mol. The number of alkyl halides is 3. The first kappa shape index (κ1) is 15.4. The van der Waals surface area contributed by atoms with Crippen molar-refractivity contribution in [2.24, 2.45) is 5.84 Å². The Morgan fingerprint density at radius 2 is 1.79 bits per heavy atom. The molecule has 0 aliphatic heterocycles. The average Bonchev–Trinajstić information content (AvgIpc) is 2.37. The van der Waals surface area contributed by atoms with Crippen molar-refractivity contribution in [1.82, 2.24) is 9.97 Å². The molecule has 0 atom stereocenters. The fourth-order valence-corrected chi connectivity index (χ4v) is 1.39. The van der Waals surface area contributed by atoms with E-state index in [9.17, 15) is 13.2 Å². The molecule has 0 aromatic carbocycles. The van der Waals surface area contributed by atoms with E-state index in [-0.39, 0.29) is 32.1 Å². The molecule has 0 fully saturated rings. The summed E-state index contributed by atoms with van der Waals surface area (Å²) in [6, 6.07) is 0.728. The summed E-state index contributed by atoms with van der Waals surface area (Å²) in [6.07, 6.45) is -4.65. The van der Waals surface area contributed by atoms with Gasteiger partial charge in [-0.1, -0.05) is 0 Å². The van der Waals surface area contributed by atoms with E-state index in [1.165, 1.54) is 4.90 Å². The van der Waals surface area contributed by atoms with E-state index in [0.717, 1.165) is 6.07 Å². The molecule has 0 amide bonds. The minimum absolute atomic E-state index is 0.0267. The van der Waals surface area contributed by atoms with Crippen LogP contribution >= 0.6 is 0 Å². The van der Waals surface area contributed by atoms with Crippen LogP contribution in [-0.2, 0) is 6.18 Å². The van der Waals surface area contributed by atoms with Crippen LogP contribution in [-0.4, -0.2) is 46.5 Å². The summed E-state index contributed by atoms with van der Waals surface area (Å²) >= 11 is 0. The fraction of sp³-hybridized carbons (Fsp3) is 0.556. The number of halogens is 3. The zero-order valence-corrected chi connectivity index (χ0v) is 9.85. The summed E-state index contributed by atoms with van der Waals surface area (Å²) < 4.78 is 37.9. The summed E-state index contributed by atoms with van der Waals surface area (Å²) in [4.78, 5) is 8.25. The number of rotatable bonds is 6. The molecule has 0 aliphatic carbocycles. The number of aliphatic hydroxyl groups is 2. The van der Waals surface area contributed by atoms with Crippen LogP contribution < -0.4 is 16.2 Å². The molecule has 7 nitrogen and oxygen atoms in total. The number of aromatic nitrogens is 2. The van der Waals surface area contributed by atoms with Gasteiger partial charge in [0.2, 0.25) is 5.95 Å². The highest BCUT2D eigenvalue weighted by Crippen LogP contribution is 2.30. The molecule has 5 N–H and O–H groups in total. The van der Waals surface area contributed by atoms with E-state index < -0.39 is 17.8 Å².